The Balaban J connectivity index is 0.0000207. The second-order valence-corrected chi connectivity index (χ2v) is 34.6. The van der Waals surface area contributed by atoms with Gasteiger partial charge in [-0.05, 0) is 97.4 Å². The van der Waals surface area contributed by atoms with Gasteiger partial charge < -0.3 is 121 Å². The molecule has 17 amide bonds. The number of benzene rings is 5. The summed E-state index contributed by atoms with van der Waals surface area (Å²) in [5.74, 6) is -18.1. The summed E-state index contributed by atoms with van der Waals surface area (Å²) < 4.78 is 0. The van der Waals surface area contributed by atoms with Crippen LogP contribution in [0.15, 0.2) is 158 Å². The number of rotatable bonds is 23. The molecule has 2 aliphatic heterocycles. The van der Waals surface area contributed by atoms with Crippen molar-refractivity contribution in [2.45, 2.75) is 184 Å². The molecule has 5 aromatic carbocycles. The van der Waals surface area contributed by atoms with Crippen molar-refractivity contribution in [3.8, 4) is 11.1 Å². The van der Waals surface area contributed by atoms with Gasteiger partial charge in [0.15, 0.2) is 5.96 Å². The lowest BCUT2D eigenvalue weighted by atomic mass is 9.99. The summed E-state index contributed by atoms with van der Waals surface area (Å²) in [6, 6.07) is 18.4. The van der Waals surface area contributed by atoms with Crippen LogP contribution in [0.1, 0.15) is 102 Å². The van der Waals surface area contributed by atoms with Gasteiger partial charge in [0.1, 0.15) is 78.5 Å². The van der Waals surface area contributed by atoms with Crippen LogP contribution in [-0.2, 0) is 114 Å². The van der Waals surface area contributed by atoms with Crippen molar-refractivity contribution in [3.05, 3.63) is 186 Å². The molecule has 0 saturated carbocycles. The van der Waals surface area contributed by atoms with E-state index in [1.165, 1.54) is 33.4 Å². The van der Waals surface area contributed by atoms with Crippen LogP contribution < -0.4 is 91.6 Å². The smallest absolute Gasteiger partial charge is 0.246 e. The van der Waals surface area contributed by atoms with Crippen molar-refractivity contribution < 1.29 is 86.6 Å². The zero-order valence-corrected chi connectivity index (χ0v) is 76.0. The highest BCUT2D eigenvalue weighted by atomic mass is 32.2. The molecule has 2 saturated heterocycles. The predicted octanol–water partition coefficient (Wildman–Crippen LogP) is -1.98. The summed E-state index contributed by atoms with van der Waals surface area (Å²) >= 11 is 0.770. The number of nitrogens with one attached hydrogen (secondary N) is 18. The predicted molar refractivity (Wildman–Crippen MR) is 505 cm³/mol. The Hall–Kier alpha value is -15.0. The highest BCUT2D eigenvalue weighted by Crippen LogP contribution is 2.26. The SMILES string of the molecule is C.CC(C)C[C@@H]1NC(=O)[C@H](Cc2cnc[nH]2)NC(=O)[C@@H]2CCCN2C(=O)[C@H](CC(N)=O)NC(=O)[C@H](C)NC(=O)[C@H](Cc2ccccc2)NC(=O)CSC[C@@H](C(=O)NCC(N)=O)NC(=O)[C@H](CCCNC(=N)N)NC(=O)[C@H](C)N(C)C(=O)C(Cc2ccc(-c3ccccc3)cc2)NC(=O)[C@H](Cc2c[nH]c3ccccc23)NC(=O)[C@H](CO)NC(=O)[C@H](Cc2c[nH]c3ccccc23)NC(=O)CNC1=O. The molecular weight excluding hydrogens is 1770 g/mol. The molecule has 5 heterocycles. The first kappa shape index (κ1) is 105. The number of fused-ring (bicyclic) bond motifs is 3. The van der Waals surface area contributed by atoms with E-state index in [1.54, 1.807) is 129 Å². The largest absolute Gasteiger partial charge is 0.394 e. The monoisotopic (exact) mass is 1890 g/mol. The van der Waals surface area contributed by atoms with E-state index < -0.39 is 223 Å². The number of imidazole rings is 1. The molecule has 726 valence electrons. The lowest BCUT2D eigenvalue weighted by molar-refractivity contribution is -0.143. The van der Waals surface area contributed by atoms with Gasteiger partial charge in [-0.15, -0.1) is 11.8 Å². The van der Waals surface area contributed by atoms with Crippen LogP contribution >= 0.6 is 11.8 Å². The van der Waals surface area contributed by atoms with E-state index >= 15 is 19.2 Å². The number of aromatic amines is 3. The standard InChI is InChI=1S/C92H116N24O18S.CH4/c1-50(2)34-65-81(124)102-45-77(120)105-67(37-57-41-99-62-24-14-12-22-60(57)62)85(128)113-72(46-117)88(131)109-68(38-58-42-100-63-25-15-13-23-61(58)63)86(129)112-70(36-54-28-30-56(31-29-54)55-20-10-7-11-21-55)90(133)115(5)52(4)80(123)107-64(26-16-32-98-92(95)96)83(126)114-73(82(125)101-44-76(94)119)47-135-48-78(121)106-66(35-53-18-8-6-9-19-53)84(127)104-51(3)79(122)111-71(40-75(93)118)91(134)116-33-17-27-74(116)89(132)110-69(87(130)108-65)39-59-43-97-49-103-59;/h6-15,18-25,28-31,41-43,49-52,64-74,99-100,117H,16-17,26-27,32-40,44-48H2,1-5H3,(H2,93,118)(H2,94,119)(H,97,103)(H,101,125)(H,102,124)(H,104,127)(H,105,120)(H,106,121)(H,107,123)(H,108,130)(H,109,131)(H,110,132)(H,111,122)(H,112,129)(H,113,128)(H,114,126)(H4,95,96,98);1H4/t51-,52-,64-,65-,66-,67-,68-,69-,70?,71-,72-,73-,74-;/m0./s1. The van der Waals surface area contributed by atoms with Gasteiger partial charge in [0, 0.05) is 104 Å². The topological polar surface area (TPSA) is 647 Å². The van der Waals surface area contributed by atoms with Crippen molar-refractivity contribution in [1.29, 1.82) is 5.41 Å². The first-order valence-corrected chi connectivity index (χ1v) is 45.3. The number of hydrogen-bond donors (Lipinski definition) is 22. The number of carbonyl (C=O) groups excluding carboxylic acids is 17. The Morgan fingerprint density at radius 2 is 1.04 bits per heavy atom. The molecule has 43 heteroatoms. The summed E-state index contributed by atoms with van der Waals surface area (Å²) in [6.45, 7) is 3.30. The van der Waals surface area contributed by atoms with Crippen LogP contribution in [0.4, 0.5) is 0 Å². The molecule has 3 aromatic heterocycles. The van der Waals surface area contributed by atoms with Crippen molar-refractivity contribution in [3.63, 3.8) is 0 Å². The molecule has 1 unspecified atom stereocenters. The molecule has 8 aromatic rings. The number of primary amides is 2. The fourth-order valence-corrected chi connectivity index (χ4v) is 16.4. The summed E-state index contributed by atoms with van der Waals surface area (Å²) in [7, 11) is 1.26. The molecule has 42 nitrogen and oxygen atoms in total. The molecule has 2 aliphatic rings. The number of carbonyl (C=O) groups is 17. The lowest BCUT2D eigenvalue weighted by Crippen LogP contribution is -2.61. The molecule has 0 radical (unpaired) electrons. The Morgan fingerprint density at radius 3 is 1.64 bits per heavy atom. The number of aromatic nitrogens is 4. The average Bonchev–Trinajstić information content (AvgIpc) is 1.65. The van der Waals surface area contributed by atoms with Gasteiger partial charge in [-0.1, -0.05) is 143 Å². The first-order chi connectivity index (χ1) is 64.6. The fraction of sp³-hybridized carbons (Fsp3) is 0.409. The molecular formula is C93H120N24O18S. The zero-order valence-electron chi connectivity index (χ0n) is 75.2. The van der Waals surface area contributed by atoms with E-state index in [4.69, 9.17) is 22.6 Å². The van der Waals surface area contributed by atoms with Crippen LogP contribution in [0.5, 0.6) is 0 Å². The van der Waals surface area contributed by atoms with Crippen molar-refractivity contribution in [1.82, 2.24) is 104 Å². The van der Waals surface area contributed by atoms with E-state index in [2.05, 4.69) is 94.4 Å². The van der Waals surface area contributed by atoms with E-state index in [1.807, 2.05) is 30.3 Å². The number of thioether (sulfide) groups is 1. The Labute approximate surface area is 788 Å². The summed E-state index contributed by atoms with van der Waals surface area (Å²) in [6.07, 6.45) is 3.77. The minimum absolute atomic E-state index is 0. The van der Waals surface area contributed by atoms with Crippen LogP contribution in [0.3, 0.4) is 0 Å². The highest BCUT2D eigenvalue weighted by molar-refractivity contribution is 8.00. The number of likely N-dealkylation sites (N-methyl/N-ethyl adjacent to an activating group) is 1. The molecule has 0 spiro atoms. The third-order valence-electron chi connectivity index (χ3n) is 22.8. The maximum atomic E-state index is 15.6. The van der Waals surface area contributed by atoms with Crippen LogP contribution in [0.2, 0.25) is 0 Å². The minimum Gasteiger partial charge on any atom is -0.394 e. The molecule has 13 atom stereocenters. The summed E-state index contributed by atoms with van der Waals surface area (Å²) in [4.78, 5) is 261. The van der Waals surface area contributed by atoms with E-state index in [0.29, 0.717) is 49.8 Å². The van der Waals surface area contributed by atoms with Crippen LogP contribution in [0.25, 0.3) is 32.9 Å². The third-order valence-corrected chi connectivity index (χ3v) is 23.9. The van der Waals surface area contributed by atoms with Crippen LogP contribution in [0, 0.1) is 11.3 Å². The number of nitrogens with zero attached hydrogens (tertiary/aromatic N) is 3. The second-order valence-electron chi connectivity index (χ2n) is 33.5. The number of aliphatic hydroxyl groups excluding tert-OH is 1. The Kier molecular flexibility index (Phi) is 39.0. The van der Waals surface area contributed by atoms with E-state index in [0.717, 1.165) is 32.7 Å². The number of para-hydroxylation sites is 2. The zero-order chi connectivity index (χ0) is 97.5. The Bertz CT molecular complexity index is 5570. The quantitative estimate of drug-likeness (QED) is 0.0187. The van der Waals surface area contributed by atoms with Crippen molar-refractivity contribution >= 4 is 140 Å². The van der Waals surface area contributed by atoms with Gasteiger partial charge in [0.05, 0.1) is 38.2 Å². The van der Waals surface area contributed by atoms with Gasteiger partial charge in [-0.2, -0.15) is 0 Å². The summed E-state index contributed by atoms with van der Waals surface area (Å²) in [5, 5.41) is 56.7. The van der Waals surface area contributed by atoms with E-state index in [-0.39, 0.29) is 90.6 Å². The second kappa shape index (κ2) is 50.7. The number of guanidine groups is 1. The van der Waals surface area contributed by atoms with Gasteiger partial charge in [0.2, 0.25) is 100 Å². The van der Waals surface area contributed by atoms with Gasteiger partial charge in [-0.3, -0.25) is 86.9 Å². The number of H-pyrrole nitrogens is 3. The fourth-order valence-electron chi connectivity index (χ4n) is 15.6. The minimum atomic E-state index is -1.89. The molecule has 136 heavy (non-hydrogen) atoms. The van der Waals surface area contributed by atoms with Gasteiger partial charge in [-0.25, -0.2) is 4.98 Å². The van der Waals surface area contributed by atoms with E-state index in [9.17, 15) is 67.4 Å². The summed E-state index contributed by atoms with van der Waals surface area (Å²) in [5.41, 5.74) is 22.0. The number of nitrogens with two attached hydrogens (primary N) is 3. The first-order valence-electron chi connectivity index (χ1n) is 44.1. The van der Waals surface area contributed by atoms with Gasteiger partial charge in [0.25, 0.3) is 0 Å². The highest BCUT2D eigenvalue weighted by Gasteiger charge is 2.43. The van der Waals surface area contributed by atoms with Crippen molar-refractivity contribution in [2.75, 3.05) is 51.3 Å². The molecule has 10 rings (SSSR count). The van der Waals surface area contributed by atoms with Gasteiger partial charge >= 0.3 is 0 Å². The molecule has 0 bridgehead atoms. The maximum Gasteiger partial charge on any atom is 0.246 e. The molecule has 25 N–H and O–H groups in total. The normalized spacial score (nSPS) is 22.8. The number of hydrogen-bond acceptors (Lipinski definition) is 21. The number of amides is 17. The molecule has 0 aliphatic carbocycles. The number of aliphatic hydroxyl groups is 1. The van der Waals surface area contributed by atoms with Crippen molar-refractivity contribution in [2.24, 2.45) is 23.1 Å². The maximum absolute atomic E-state index is 15.6. The van der Waals surface area contributed by atoms with Crippen LogP contribution in [-0.4, -0.2) is 271 Å². The lowest BCUT2D eigenvalue weighted by Gasteiger charge is -2.31. The Morgan fingerprint density at radius 1 is 0.522 bits per heavy atom. The average molecular weight is 1890 g/mol. The third kappa shape index (κ3) is 30.5. The molecule has 2 fully saturated rings.